The molecule has 1 heterocycles. The third-order valence-corrected chi connectivity index (χ3v) is 3.01. The molecule has 1 fully saturated rings. The fourth-order valence-electron chi connectivity index (χ4n) is 2.03. The summed E-state index contributed by atoms with van der Waals surface area (Å²) in [5.41, 5.74) is -0.543. The monoisotopic (exact) mass is 300 g/mol. The Kier molecular flexibility index (Phi) is 5.57. The summed E-state index contributed by atoms with van der Waals surface area (Å²) >= 11 is 0. The first-order valence-electron chi connectivity index (χ1n) is 7.01. The van der Waals surface area contributed by atoms with Gasteiger partial charge < -0.3 is 19.3 Å². The van der Waals surface area contributed by atoms with E-state index in [1.807, 2.05) is 27.7 Å². The summed E-state index contributed by atoms with van der Waals surface area (Å²) in [6, 6.07) is -0.144. The lowest BCUT2D eigenvalue weighted by atomic mass is 10.2. The molecule has 2 amide bonds. The Morgan fingerprint density at radius 3 is 2.29 bits per heavy atom. The predicted octanol–water partition coefficient (Wildman–Crippen LogP) is 1.02. The molecule has 1 aliphatic heterocycles. The van der Waals surface area contributed by atoms with Crippen molar-refractivity contribution in [2.45, 2.75) is 46.3 Å². The molecule has 0 radical (unpaired) electrons. The quantitative estimate of drug-likeness (QED) is 0.712. The maximum Gasteiger partial charge on any atom is 0.410 e. The van der Waals surface area contributed by atoms with Crippen molar-refractivity contribution in [2.75, 3.05) is 26.2 Å². The lowest BCUT2D eigenvalue weighted by molar-refractivity contribution is -0.151. The second-order valence-electron chi connectivity index (χ2n) is 6.14. The van der Waals surface area contributed by atoms with Crippen LogP contribution in [-0.4, -0.2) is 65.7 Å². The van der Waals surface area contributed by atoms with Gasteiger partial charge in [0.25, 0.3) is 5.91 Å². The molecular weight excluding hydrogens is 276 g/mol. The highest BCUT2D eigenvalue weighted by molar-refractivity contribution is 5.80. The number of amides is 2. The molecule has 1 saturated heterocycles. The first kappa shape index (κ1) is 17.3. The number of hydrogen-bond acceptors (Lipinski definition) is 5. The summed E-state index contributed by atoms with van der Waals surface area (Å²) in [6.45, 7) is 9.52. The van der Waals surface area contributed by atoms with Crippen molar-refractivity contribution in [3.63, 3.8) is 0 Å². The summed E-state index contributed by atoms with van der Waals surface area (Å²) in [5, 5.41) is 0. The highest BCUT2D eigenvalue weighted by Crippen LogP contribution is 2.15. The Bertz CT molecular complexity index is 416. The average Bonchev–Trinajstić information content (AvgIpc) is 2.33. The Labute approximate surface area is 125 Å². The van der Waals surface area contributed by atoms with E-state index in [1.165, 1.54) is 6.92 Å². The van der Waals surface area contributed by atoms with Crippen LogP contribution in [-0.2, 0) is 19.1 Å². The Balaban J connectivity index is 2.52. The molecule has 0 N–H and O–H groups in total. The van der Waals surface area contributed by atoms with E-state index in [2.05, 4.69) is 0 Å². The smallest absolute Gasteiger partial charge is 0.410 e. The van der Waals surface area contributed by atoms with Crippen LogP contribution in [0.1, 0.15) is 34.6 Å². The highest BCUT2D eigenvalue weighted by atomic mass is 16.6. The predicted molar refractivity (Wildman–Crippen MR) is 75.6 cm³/mol. The Morgan fingerprint density at radius 1 is 1.19 bits per heavy atom. The van der Waals surface area contributed by atoms with Crippen molar-refractivity contribution in [1.82, 2.24) is 9.80 Å². The van der Waals surface area contributed by atoms with E-state index >= 15 is 0 Å². The summed E-state index contributed by atoms with van der Waals surface area (Å²) in [6.07, 6.45) is -0.373. The van der Waals surface area contributed by atoms with Gasteiger partial charge in [-0.1, -0.05) is 0 Å². The molecule has 0 aromatic heterocycles. The minimum Gasteiger partial charge on any atom is -0.456 e. The molecule has 0 bridgehead atoms. The Morgan fingerprint density at radius 2 is 1.81 bits per heavy atom. The second-order valence-corrected chi connectivity index (χ2v) is 6.14. The number of esters is 1. The molecule has 0 unspecified atom stereocenters. The molecule has 21 heavy (non-hydrogen) atoms. The average molecular weight is 300 g/mol. The first-order chi connectivity index (χ1) is 9.60. The Hall–Kier alpha value is -1.79. The summed E-state index contributed by atoms with van der Waals surface area (Å²) in [4.78, 5) is 37.8. The van der Waals surface area contributed by atoms with Gasteiger partial charge in [0.2, 0.25) is 0 Å². The van der Waals surface area contributed by atoms with Crippen molar-refractivity contribution < 1.29 is 23.9 Å². The molecule has 0 aromatic rings. The molecule has 0 saturated carbocycles. The van der Waals surface area contributed by atoms with Crippen LogP contribution in [0.25, 0.3) is 0 Å². The second kappa shape index (κ2) is 6.78. The maximum absolute atomic E-state index is 12.0. The molecule has 1 aliphatic rings. The zero-order valence-corrected chi connectivity index (χ0v) is 13.3. The number of nitrogens with zero attached hydrogens (tertiary/aromatic N) is 2. The lowest BCUT2D eigenvalue weighted by Gasteiger charge is -2.40. The van der Waals surface area contributed by atoms with Crippen LogP contribution in [0.2, 0.25) is 0 Å². The summed E-state index contributed by atoms with van der Waals surface area (Å²) in [7, 11) is 0. The zero-order valence-electron chi connectivity index (χ0n) is 13.3. The number of hydrogen-bond donors (Lipinski definition) is 0. The molecule has 0 aromatic carbocycles. The topological polar surface area (TPSA) is 76.2 Å². The molecule has 1 rings (SSSR count). The molecule has 1 atom stereocenters. The van der Waals surface area contributed by atoms with Gasteiger partial charge in [0.05, 0.1) is 0 Å². The molecule has 7 nitrogen and oxygen atoms in total. The van der Waals surface area contributed by atoms with Crippen LogP contribution in [0.3, 0.4) is 0 Å². The minimum atomic E-state index is -0.543. The van der Waals surface area contributed by atoms with E-state index in [4.69, 9.17) is 9.47 Å². The normalized spacial score (nSPS) is 19.2. The van der Waals surface area contributed by atoms with E-state index < -0.39 is 11.6 Å². The van der Waals surface area contributed by atoms with Gasteiger partial charge in [-0.05, 0) is 27.7 Å². The van der Waals surface area contributed by atoms with Gasteiger partial charge in [-0.15, -0.1) is 0 Å². The minimum absolute atomic E-state index is 0.144. The summed E-state index contributed by atoms with van der Waals surface area (Å²) < 4.78 is 10.0. The van der Waals surface area contributed by atoms with Crippen molar-refractivity contribution in [1.29, 1.82) is 0 Å². The van der Waals surface area contributed by atoms with Gasteiger partial charge in [-0.2, -0.15) is 0 Å². The number of piperazine rings is 1. The van der Waals surface area contributed by atoms with Crippen molar-refractivity contribution >= 4 is 18.0 Å². The van der Waals surface area contributed by atoms with Crippen molar-refractivity contribution in [3.8, 4) is 0 Å². The van der Waals surface area contributed by atoms with E-state index in [9.17, 15) is 14.4 Å². The molecule has 0 aliphatic carbocycles. The lowest BCUT2D eigenvalue weighted by Crippen LogP contribution is -2.56. The standard InChI is InChI=1S/C14H24N2O5/c1-10-8-15(12(18)9-20-11(2)17)6-7-16(10)13(19)21-14(3,4)5/h10H,6-9H2,1-5H3/t10-/m0/s1. The van der Waals surface area contributed by atoms with E-state index in [0.29, 0.717) is 19.6 Å². The number of carbonyl (C=O) groups excluding carboxylic acids is 3. The number of rotatable bonds is 2. The molecule has 0 spiro atoms. The first-order valence-corrected chi connectivity index (χ1v) is 7.01. The third-order valence-electron chi connectivity index (χ3n) is 3.01. The van der Waals surface area contributed by atoms with Gasteiger partial charge in [0.1, 0.15) is 5.60 Å². The molecule has 7 heteroatoms. The SMILES string of the molecule is CC(=O)OCC(=O)N1CCN(C(=O)OC(C)(C)C)[C@@H](C)C1. The van der Waals surface area contributed by atoms with Crippen LogP contribution in [0.5, 0.6) is 0 Å². The molecule has 120 valence electrons. The van der Waals surface area contributed by atoms with Gasteiger partial charge in [0.15, 0.2) is 6.61 Å². The number of ether oxygens (including phenoxy) is 2. The van der Waals surface area contributed by atoms with E-state index in [0.717, 1.165) is 0 Å². The van der Waals surface area contributed by atoms with Crippen molar-refractivity contribution in [3.05, 3.63) is 0 Å². The van der Waals surface area contributed by atoms with Gasteiger partial charge in [-0.3, -0.25) is 9.59 Å². The van der Waals surface area contributed by atoms with Crippen LogP contribution in [0, 0.1) is 0 Å². The zero-order chi connectivity index (χ0) is 16.2. The van der Waals surface area contributed by atoms with Crippen molar-refractivity contribution in [2.24, 2.45) is 0 Å². The fraction of sp³-hybridized carbons (Fsp3) is 0.786. The highest BCUT2D eigenvalue weighted by Gasteiger charge is 2.32. The van der Waals surface area contributed by atoms with Gasteiger partial charge in [-0.25, -0.2) is 4.79 Å². The van der Waals surface area contributed by atoms with Crippen LogP contribution >= 0.6 is 0 Å². The van der Waals surface area contributed by atoms with Crippen LogP contribution in [0.15, 0.2) is 0 Å². The van der Waals surface area contributed by atoms with Gasteiger partial charge in [0, 0.05) is 32.6 Å². The van der Waals surface area contributed by atoms with Crippen LogP contribution in [0.4, 0.5) is 4.79 Å². The van der Waals surface area contributed by atoms with E-state index in [-0.39, 0.29) is 24.6 Å². The third kappa shape index (κ3) is 5.61. The van der Waals surface area contributed by atoms with Crippen LogP contribution < -0.4 is 0 Å². The maximum atomic E-state index is 12.0. The van der Waals surface area contributed by atoms with Gasteiger partial charge >= 0.3 is 12.1 Å². The summed E-state index contributed by atoms with van der Waals surface area (Å²) in [5.74, 6) is -0.732. The largest absolute Gasteiger partial charge is 0.456 e. The number of carbonyl (C=O) groups is 3. The molecular formula is C14H24N2O5. The van der Waals surface area contributed by atoms with E-state index in [1.54, 1.807) is 9.80 Å². The fourth-order valence-corrected chi connectivity index (χ4v) is 2.03.